The molecule has 1 aromatic carbocycles. The van der Waals surface area contributed by atoms with Crippen LogP contribution in [-0.4, -0.2) is 13.1 Å². The molecule has 0 amide bonds. The monoisotopic (exact) mass is 250 g/mol. The van der Waals surface area contributed by atoms with Crippen molar-refractivity contribution in [2.24, 2.45) is 17.6 Å². The summed E-state index contributed by atoms with van der Waals surface area (Å²) in [6.45, 7) is 8.27. The van der Waals surface area contributed by atoms with Gasteiger partial charge in [0.05, 0.1) is 5.69 Å². The molecule has 1 heterocycles. The lowest BCUT2D eigenvalue weighted by atomic mass is 9.88. The minimum Gasteiger partial charge on any atom is -0.369 e. The van der Waals surface area contributed by atoms with E-state index in [1.165, 1.54) is 6.07 Å². The zero-order valence-corrected chi connectivity index (χ0v) is 11.5. The van der Waals surface area contributed by atoms with Crippen LogP contribution in [0.3, 0.4) is 0 Å². The molecule has 1 aliphatic heterocycles. The van der Waals surface area contributed by atoms with Gasteiger partial charge in [-0.15, -0.1) is 0 Å². The molecule has 0 aromatic heterocycles. The Labute approximate surface area is 109 Å². The first-order chi connectivity index (χ1) is 8.50. The summed E-state index contributed by atoms with van der Waals surface area (Å²) in [7, 11) is 0. The topological polar surface area (TPSA) is 29.3 Å². The first kappa shape index (κ1) is 13.3. The van der Waals surface area contributed by atoms with Crippen molar-refractivity contribution in [3.8, 4) is 0 Å². The van der Waals surface area contributed by atoms with Crippen LogP contribution in [0.4, 0.5) is 10.1 Å². The molecular formula is C15H23FN2. The second-order valence-electron chi connectivity index (χ2n) is 5.66. The number of para-hydroxylation sites is 1. The SMILES string of the molecule is CC(N)c1cccc(F)c1N1CCC(C)C(C)C1. The lowest BCUT2D eigenvalue weighted by Gasteiger charge is -2.38. The number of rotatable bonds is 2. The van der Waals surface area contributed by atoms with E-state index in [-0.39, 0.29) is 11.9 Å². The van der Waals surface area contributed by atoms with Crippen molar-refractivity contribution in [3.05, 3.63) is 29.6 Å². The number of nitrogens with zero attached hydrogens (tertiary/aromatic N) is 1. The van der Waals surface area contributed by atoms with Gasteiger partial charge in [-0.1, -0.05) is 26.0 Å². The summed E-state index contributed by atoms with van der Waals surface area (Å²) >= 11 is 0. The van der Waals surface area contributed by atoms with E-state index in [2.05, 4.69) is 18.7 Å². The molecule has 0 aliphatic carbocycles. The van der Waals surface area contributed by atoms with Gasteiger partial charge in [0, 0.05) is 19.1 Å². The van der Waals surface area contributed by atoms with E-state index in [9.17, 15) is 4.39 Å². The Balaban J connectivity index is 2.33. The Morgan fingerprint density at radius 2 is 2.06 bits per heavy atom. The van der Waals surface area contributed by atoms with Crippen LogP contribution in [0.15, 0.2) is 18.2 Å². The Kier molecular flexibility index (Phi) is 3.91. The van der Waals surface area contributed by atoms with Crippen LogP contribution in [0.2, 0.25) is 0 Å². The molecule has 1 saturated heterocycles. The maximum absolute atomic E-state index is 14.1. The van der Waals surface area contributed by atoms with Crippen LogP contribution < -0.4 is 10.6 Å². The summed E-state index contributed by atoms with van der Waals surface area (Å²) in [5, 5.41) is 0. The molecule has 3 atom stereocenters. The van der Waals surface area contributed by atoms with Crippen molar-refractivity contribution < 1.29 is 4.39 Å². The fourth-order valence-electron chi connectivity index (χ4n) is 2.70. The van der Waals surface area contributed by atoms with Crippen molar-refractivity contribution in [1.82, 2.24) is 0 Å². The molecule has 18 heavy (non-hydrogen) atoms. The first-order valence-electron chi connectivity index (χ1n) is 6.79. The van der Waals surface area contributed by atoms with E-state index in [0.29, 0.717) is 17.5 Å². The van der Waals surface area contributed by atoms with Gasteiger partial charge in [-0.25, -0.2) is 4.39 Å². The minimum absolute atomic E-state index is 0.134. The molecule has 1 aromatic rings. The van der Waals surface area contributed by atoms with E-state index in [0.717, 1.165) is 25.1 Å². The van der Waals surface area contributed by atoms with Crippen molar-refractivity contribution in [3.63, 3.8) is 0 Å². The second kappa shape index (κ2) is 5.27. The van der Waals surface area contributed by atoms with Gasteiger partial charge in [-0.05, 0) is 36.8 Å². The van der Waals surface area contributed by atoms with Crippen molar-refractivity contribution in [2.45, 2.75) is 33.2 Å². The van der Waals surface area contributed by atoms with Crippen molar-refractivity contribution in [2.75, 3.05) is 18.0 Å². The average molecular weight is 250 g/mol. The predicted octanol–water partition coefficient (Wildman–Crippen LogP) is 3.33. The standard InChI is InChI=1S/C15H23FN2/c1-10-7-8-18(9-11(10)2)15-13(12(3)17)5-4-6-14(15)16/h4-6,10-12H,7-9,17H2,1-3H3. The average Bonchev–Trinajstić information content (AvgIpc) is 2.32. The Morgan fingerprint density at radius 3 is 2.67 bits per heavy atom. The summed E-state index contributed by atoms with van der Waals surface area (Å²) in [6, 6.07) is 5.08. The largest absolute Gasteiger partial charge is 0.369 e. The van der Waals surface area contributed by atoms with Gasteiger partial charge in [0.15, 0.2) is 0 Å². The minimum atomic E-state index is -0.147. The summed E-state index contributed by atoms with van der Waals surface area (Å²) in [5.41, 5.74) is 7.59. The lowest BCUT2D eigenvalue weighted by Crippen LogP contribution is -2.39. The molecule has 1 aliphatic rings. The normalized spacial score (nSPS) is 26.2. The fourth-order valence-corrected chi connectivity index (χ4v) is 2.70. The van der Waals surface area contributed by atoms with Crippen LogP contribution in [-0.2, 0) is 0 Å². The number of benzene rings is 1. The van der Waals surface area contributed by atoms with Crippen LogP contribution in [0.5, 0.6) is 0 Å². The Morgan fingerprint density at radius 1 is 1.33 bits per heavy atom. The van der Waals surface area contributed by atoms with E-state index < -0.39 is 0 Å². The molecule has 0 spiro atoms. The molecule has 0 bridgehead atoms. The van der Waals surface area contributed by atoms with Crippen LogP contribution in [0.1, 0.15) is 38.8 Å². The number of hydrogen-bond acceptors (Lipinski definition) is 2. The maximum Gasteiger partial charge on any atom is 0.146 e. The van der Waals surface area contributed by atoms with Crippen molar-refractivity contribution in [1.29, 1.82) is 0 Å². The molecule has 3 heteroatoms. The van der Waals surface area contributed by atoms with Gasteiger partial charge in [-0.2, -0.15) is 0 Å². The van der Waals surface area contributed by atoms with Crippen LogP contribution >= 0.6 is 0 Å². The molecule has 3 unspecified atom stereocenters. The summed E-state index contributed by atoms with van der Waals surface area (Å²) in [4.78, 5) is 2.17. The van der Waals surface area contributed by atoms with Gasteiger partial charge in [-0.3, -0.25) is 0 Å². The number of hydrogen-bond donors (Lipinski definition) is 1. The van der Waals surface area contributed by atoms with Gasteiger partial charge in [0.25, 0.3) is 0 Å². The Hall–Kier alpha value is -1.09. The molecular weight excluding hydrogens is 227 g/mol. The first-order valence-corrected chi connectivity index (χ1v) is 6.79. The molecule has 2 N–H and O–H groups in total. The zero-order chi connectivity index (χ0) is 13.3. The highest BCUT2D eigenvalue weighted by molar-refractivity contribution is 5.56. The summed E-state index contributed by atoms with van der Waals surface area (Å²) in [6.07, 6.45) is 1.12. The van der Waals surface area contributed by atoms with Gasteiger partial charge in [0.1, 0.15) is 5.82 Å². The van der Waals surface area contributed by atoms with E-state index >= 15 is 0 Å². The Bertz CT molecular complexity index is 417. The predicted molar refractivity (Wildman–Crippen MR) is 74.2 cm³/mol. The highest BCUT2D eigenvalue weighted by Crippen LogP contribution is 2.33. The summed E-state index contributed by atoms with van der Waals surface area (Å²) < 4.78 is 14.1. The lowest BCUT2D eigenvalue weighted by molar-refractivity contribution is 0.322. The highest BCUT2D eigenvalue weighted by Gasteiger charge is 2.26. The fraction of sp³-hybridized carbons (Fsp3) is 0.600. The molecule has 1 fully saturated rings. The van der Waals surface area contributed by atoms with E-state index in [1.807, 2.05) is 13.0 Å². The third kappa shape index (κ3) is 2.51. The molecule has 2 nitrogen and oxygen atoms in total. The highest BCUT2D eigenvalue weighted by atomic mass is 19.1. The van der Waals surface area contributed by atoms with Gasteiger partial charge >= 0.3 is 0 Å². The number of halogens is 1. The molecule has 2 rings (SSSR count). The summed E-state index contributed by atoms with van der Waals surface area (Å²) in [5.74, 6) is 1.16. The smallest absolute Gasteiger partial charge is 0.146 e. The van der Waals surface area contributed by atoms with E-state index in [1.54, 1.807) is 6.07 Å². The third-order valence-corrected chi connectivity index (χ3v) is 4.16. The number of piperidine rings is 1. The number of nitrogens with two attached hydrogens (primary N) is 1. The quantitative estimate of drug-likeness (QED) is 0.872. The maximum atomic E-state index is 14.1. The number of anilines is 1. The zero-order valence-electron chi connectivity index (χ0n) is 11.5. The van der Waals surface area contributed by atoms with E-state index in [4.69, 9.17) is 5.73 Å². The molecule has 0 radical (unpaired) electrons. The van der Waals surface area contributed by atoms with Gasteiger partial charge in [0.2, 0.25) is 0 Å². The second-order valence-corrected chi connectivity index (χ2v) is 5.66. The third-order valence-electron chi connectivity index (χ3n) is 4.16. The molecule has 0 saturated carbocycles. The van der Waals surface area contributed by atoms with Crippen molar-refractivity contribution >= 4 is 5.69 Å². The van der Waals surface area contributed by atoms with Crippen LogP contribution in [0.25, 0.3) is 0 Å². The van der Waals surface area contributed by atoms with Gasteiger partial charge < -0.3 is 10.6 Å². The molecule has 100 valence electrons. The van der Waals surface area contributed by atoms with Crippen LogP contribution in [0, 0.1) is 17.7 Å².